The van der Waals surface area contributed by atoms with Crippen LogP contribution < -0.4 is 5.32 Å². The van der Waals surface area contributed by atoms with Crippen molar-refractivity contribution in [2.75, 3.05) is 12.4 Å². The highest BCUT2D eigenvalue weighted by atomic mass is 32.2. The molecule has 0 radical (unpaired) electrons. The highest BCUT2D eigenvalue weighted by Crippen LogP contribution is 2.32. The van der Waals surface area contributed by atoms with E-state index in [2.05, 4.69) is 30.2 Å². The lowest BCUT2D eigenvalue weighted by Gasteiger charge is -2.16. The predicted molar refractivity (Wildman–Crippen MR) is 116 cm³/mol. The fourth-order valence-electron chi connectivity index (χ4n) is 3.24. The van der Waals surface area contributed by atoms with E-state index in [1.807, 2.05) is 12.1 Å². The molecule has 1 aliphatic carbocycles. The molecule has 0 unspecified atom stereocenters. The molecular weight excluding hydrogens is 406 g/mol. The number of rotatable bonds is 6. The molecule has 1 heterocycles. The minimum Gasteiger partial charge on any atom is -0.298 e. The van der Waals surface area contributed by atoms with Crippen molar-refractivity contribution in [3.8, 4) is 0 Å². The van der Waals surface area contributed by atoms with Gasteiger partial charge in [-0.3, -0.25) is 10.1 Å². The van der Waals surface area contributed by atoms with E-state index < -0.39 is 10.0 Å². The van der Waals surface area contributed by atoms with Gasteiger partial charge in [-0.2, -0.15) is 4.31 Å². The molecule has 3 aromatic rings. The topological polar surface area (TPSA) is 79.4 Å². The average Bonchev–Trinajstić information content (AvgIpc) is 3.46. The summed E-state index contributed by atoms with van der Waals surface area (Å²) in [5, 5.41) is 3.36. The largest absolute Gasteiger partial charge is 0.298 e. The third-order valence-electron chi connectivity index (χ3n) is 5.15. The van der Waals surface area contributed by atoms with Gasteiger partial charge in [0.25, 0.3) is 5.91 Å². The predicted octanol–water partition coefficient (Wildman–Crippen LogP) is 4.45. The first-order chi connectivity index (χ1) is 13.8. The number of sulfonamides is 1. The van der Waals surface area contributed by atoms with Crippen LogP contribution >= 0.6 is 11.3 Å². The second-order valence-corrected chi connectivity index (χ2v) is 10.6. The second kappa shape index (κ2) is 7.51. The molecule has 2 aromatic carbocycles. The number of nitrogens with one attached hydrogen (secondary N) is 1. The average molecular weight is 430 g/mol. The van der Waals surface area contributed by atoms with Gasteiger partial charge in [-0.05, 0) is 54.7 Å². The molecule has 0 spiro atoms. The Labute approximate surface area is 174 Å². The summed E-state index contributed by atoms with van der Waals surface area (Å²) in [5.41, 5.74) is 2.45. The smallest absolute Gasteiger partial charge is 0.257 e. The minimum absolute atomic E-state index is 0.0951. The second-order valence-electron chi connectivity index (χ2n) is 7.60. The van der Waals surface area contributed by atoms with E-state index in [0.717, 1.165) is 28.6 Å². The Balaban J connectivity index is 1.53. The van der Waals surface area contributed by atoms with Crippen molar-refractivity contribution in [3.63, 3.8) is 0 Å². The maximum absolute atomic E-state index is 12.6. The number of fused-ring (bicyclic) bond motifs is 1. The van der Waals surface area contributed by atoms with Crippen LogP contribution in [-0.2, 0) is 10.0 Å². The van der Waals surface area contributed by atoms with Gasteiger partial charge < -0.3 is 0 Å². The van der Waals surface area contributed by atoms with Gasteiger partial charge in [-0.15, -0.1) is 0 Å². The van der Waals surface area contributed by atoms with Crippen molar-refractivity contribution in [2.24, 2.45) is 0 Å². The number of hydrogen-bond donors (Lipinski definition) is 1. The number of aromatic nitrogens is 1. The Hall–Kier alpha value is -2.29. The Morgan fingerprint density at radius 2 is 1.86 bits per heavy atom. The van der Waals surface area contributed by atoms with Crippen LogP contribution in [0.25, 0.3) is 10.2 Å². The molecule has 1 amide bonds. The van der Waals surface area contributed by atoms with E-state index >= 15 is 0 Å². The summed E-state index contributed by atoms with van der Waals surface area (Å²) in [6, 6.07) is 12.2. The molecule has 1 aromatic heterocycles. The summed E-state index contributed by atoms with van der Waals surface area (Å²) in [5.74, 6) is 0.0299. The zero-order valence-corrected chi connectivity index (χ0v) is 18.2. The number of hydrogen-bond acceptors (Lipinski definition) is 5. The number of nitrogens with zero attached hydrogens (tertiary/aromatic N) is 2. The highest BCUT2D eigenvalue weighted by molar-refractivity contribution is 7.89. The SMILES string of the molecule is CC(C)c1cccc2sc(NC(=O)c3ccc(S(=O)(=O)N(C)C4CC4)cc3)nc12. The molecule has 1 fully saturated rings. The van der Waals surface area contributed by atoms with Crippen LogP contribution in [0.2, 0.25) is 0 Å². The monoisotopic (exact) mass is 429 g/mol. The van der Waals surface area contributed by atoms with Crippen molar-refractivity contribution in [3.05, 3.63) is 53.6 Å². The molecule has 0 saturated heterocycles. The summed E-state index contributed by atoms with van der Waals surface area (Å²) in [6.45, 7) is 4.23. The van der Waals surface area contributed by atoms with Gasteiger partial charge in [0.15, 0.2) is 5.13 Å². The van der Waals surface area contributed by atoms with Crippen LogP contribution in [0.1, 0.15) is 48.5 Å². The molecule has 1 N–H and O–H groups in total. The van der Waals surface area contributed by atoms with Crippen molar-refractivity contribution in [2.45, 2.75) is 43.5 Å². The molecule has 1 saturated carbocycles. The summed E-state index contributed by atoms with van der Waals surface area (Å²) in [6.07, 6.45) is 1.80. The lowest BCUT2D eigenvalue weighted by molar-refractivity contribution is 0.102. The number of amides is 1. The van der Waals surface area contributed by atoms with Crippen LogP contribution in [-0.4, -0.2) is 36.7 Å². The van der Waals surface area contributed by atoms with Crippen LogP contribution in [0.5, 0.6) is 0 Å². The van der Waals surface area contributed by atoms with E-state index in [1.165, 1.54) is 39.9 Å². The minimum atomic E-state index is -3.52. The van der Waals surface area contributed by atoms with Crippen molar-refractivity contribution in [1.29, 1.82) is 0 Å². The van der Waals surface area contributed by atoms with E-state index in [-0.39, 0.29) is 16.8 Å². The zero-order chi connectivity index (χ0) is 20.8. The fourth-order valence-corrected chi connectivity index (χ4v) is 5.55. The Bertz CT molecular complexity index is 1160. The summed E-state index contributed by atoms with van der Waals surface area (Å²) < 4.78 is 27.6. The van der Waals surface area contributed by atoms with E-state index in [0.29, 0.717) is 16.6 Å². The van der Waals surface area contributed by atoms with Crippen LogP contribution in [0, 0.1) is 0 Å². The van der Waals surface area contributed by atoms with E-state index in [1.54, 1.807) is 7.05 Å². The molecule has 152 valence electrons. The van der Waals surface area contributed by atoms with Crippen LogP contribution in [0.15, 0.2) is 47.4 Å². The summed E-state index contributed by atoms with van der Waals surface area (Å²) in [7, 11) is -1.91. The van der Waals surface area contributed by atoms with Gasteiger partial charge in [-0.25, -0.2) is 13.4 Å². The number of carbonyl (C=O) groups excluding carboxylic acids is 1. The van der Waals surface area contributed by atoms with Gasteiger partial charge in [0.1, 0.15) is 0 Å². The van der Waals surface area contributed by atoms with Crippen molar-refractivity contribution < 1.29 is 13.2 Å². The quantitative estimate of drug-likeness (QED) is 0.628. The lowest BCUT2D eigenvalue weighted by atomic mass is 10.0. The first-order valence-corrected chi connectivity index (χ1v) is 11.8. The Morgan fingerprint density at radius 3 is 2.48 bits per heavy atom. The highest BCUT2D eigenvalue weighted by Gasteiger charge is 2.35. The Kier molecular flexibility index (Phi) is 5.18. The van der Waals surface area contributed by atoms with Crippen molar-refractivity contribution in [1.82, 2.24) is 9.29 Å². The van der Waals surface area contributed by atoms with Crippen LogP contribution in [0.4, 0.5) is 5.13 Å². The van der Waals surface area contributed by atoms with E-state index in [4.69, 9.17) is 0 Å². The van der Waals surface area contributed by atoms with E-state index in [9.17, 15) is 13.2 Å². The molecule has 8 heteroatoms. The van der Waals surface area contributed by atoms with Crippen molar-refractivity contribution >= 4 is 42.6 Å². The maximum atomic E-state index is 12.6. The summed E-state index contributed by atoms with van der Waals surface area (Å²) in [4.78, 5) is 17.4. The number of anilines is 1. The first-order valence-electron chi connectivity index (χ1n) is 9.56. The summed E-state index contributed by atoms with van der Waals surface area (Å²) >= 11 is 1.43. The van der Waals surface area contributed by atoms with Crippen LogP contribution in [0.3, 0.4) is 0 Å². The number of carbonyl (C=O) groups is 1. The number of thiazole rings is 1. The molecule has 0 atom stereocenters. The molecule has 4 rings (SSSR count). The fraction of sp³-hybridized carbons (Fsp3) is 0.333. The third kappa shape index (κ3) is 3.92. The number of benzene rings is 2. The molecule has 0 aliphatic heterocycles. The normalized spacial score (nSPS) is 14.7. The molecule has 29 heavy (non-hydrogen) atoms. The van der Waals surface area contributed by atoms with Gasteiger partial charge in [-0.1, -0.05) is 37.3 Å². The van der Waals surface area contributed by atoms with Gasteiger partial charge in [0.05, 0.1) is 15.1 Å². The van der Waals surface area contributed by atoms with Gasteiger partial charge >= 0.3 is 0 Å². The molecule has 6 nitrogen and oxygen atoms in total. The first kappa shape index (κ1) is 20.0. The van der Waals surface area contributed by atoms with Gasteiger partial charge in [0.2, 0.25) is 10.0 Å². The maximum Gasteiger partial charge on any atom is 0.257 e. The molecule has 1 aliphatic rings. The zero-order valence-electron chi connectivity index (χ0n) is 16.5. The number of para-hydroxylation sites is 1. The van der Waals surface area contributed by atoms with Gasteiger partial charge in [0, 0.05) is 18.7 Å². The molecule has 0 bridgehead atoms. The lowest BCUT2D eigenvalue weighted by Crippen LogP contribution is -2.29. The Morgan fingerprint density at radius 1 is 1.17 bits per heavy atom. The molecular formula is C21H23N3O3S2. The standard InChI is InChI=1S/C21H23N3O3S2/c1-13(2)17-5-4-6-18-19(17)22-21(28-18)23-20(25)14-7-11-16(12-8-14)29(26,27)24(3)15-9-10-15/h4-8,11-13,15H,9-10H2,1-3H3,(H,22,23,25). The third-order valence-corrected chi connectivity index (χ3v) is 8.01.